The number of rotatable bonds is 2. The lowest BCUT2D eigenvalue weighted by atomic mass is 10.2. The highest BCUT2D eigenvalue weighted by atomic mass is 79.9. The first-order chi connectivity index (χ1) is 9.58. The third kappa shape index (κ3) is 2.23. The Morgan fingerprint density at radius 2 is 2.10 bits per heavy atom. The van der Waals surface area contributed by atoms with Gasteiger partial charge in [0.2, 0.25) is 5.89 Å². The van der Waals surface area contributed by atoms with Gasteiger partial charge in [-0.2, -0.15) is 0 Å². The maximum Gasteiger partial charge on any atom is 0.228 e. The molecule has 0 bridgehead atoms. The Morgan fingerprint density at radius 3 is 2.85 bits per heavy atom. The Hall–Kier alpha value is -1.72. The van der Waals surface area contributed by atoms with Gasteiger partial charge in [-0.1, -0.05) is 11.6 Å². The van der Waals surface area contributed by atoms with Crippen LogP contribution in [-0.2, 0) is 0 Å². The lowest BCUT2D eigenvalue weighted by Crippen LogP contribution is -1.85. The topological polar surface area (TPSA) is 61.3 Å². The van der Waals surface area contributed by atoms with Gasteiger partial charge in [-0.3, -0.25) is 0 Å². The molecule has 0 amide bonds. The molecule has 0 spiro atoms. The van der Waals surface area contributed by atoms with Gasteiger partial charge in [-0.25, -0.2) is 4.98 Å². The van der Waals surface area contributed by atoms with Crippen molar-refractivity contribution in [2.45, 2.75) is 0 Å². The monoisotopic (exact) mass is 352 g/mol. The Balaban J connectivity index is 2.19. The first-order valence-corrected chi connectivity index (χ1v) is 6.95. The molecule has 0 atom stereocenters. The summed E-state index contributed by atoms with van der Waals surface area (Å²) in [5, 5.41) is 0.460. The summed E-state index contributed by atoms with van der Waals surface area (Å²) < 4.78 is 11.8. The van der Waals surface area contributed by atoms with Crippen LogP contribution < -0.4 is 10.5 Å². The van der Waals surface area contributed by atoms with Crippen LogP contribution in [0, 0.1) is 0 Å². The standard InChI is InChI=1S/C14H10BrClN2O2/c1-19-7-2-3-9(15)8(4-7)14-18-12-5-10(16)11(17)6-13(12)20-14/h2-6H,17H2,1H3. The number of nitrogens with zero attached hydrogens (tertiary/aromatic N) is 1. The second-order valence-electron chi connectivity index (χ2n) is 4.21. The minimum absolute atomic E-state index is 0.460. The Labute approximate surface area is 128 Å². The van der Waals surface area contributed by atoms with Crippen LogP contribution in [0.4, 0.5) is 5.69 Å². The molecule has 0 unspecified atom stereocenters. The second-order valence-corrected chi connectivity index (χ2v) is 5.47. The quantitative estimate of drug-likeness (QED) is 0.689. The molecule has 0 saturated carbocycles. The summed E-state index contributed by atoms with van der Waals surface area (Å²) in [5.74, 6) is 1.20. The zero-order valence-corrected chi connectivity index (χ0v) is 12.8. The van der Waals surface area contributed by atoms with E-state index < -0.39 is 0 Å². The SMILES string of the molecule is COc1ccc(Br)c(-c2nc3cc(Cl)c(N)cc3o2)c1. The zero-order chi connectivity index (χ0) is 14.3. The Morgan fingerprint density at radius 1 is 1.30 bits per heavy atom. The van der Waals surface area contributed by atoms with E-state index in [1.807, 2.05) is 18.2 Å². The number of ether oxygens (including phenoxy) is 1. The summed E-state index contributed by atoms with van der Waals surface area (Å²) in [7, 11) is 1.61. The molecule has 1 aromatic heterocycles. The predicted octanol–water partition coefficient (Wildman–Crippen LogP) is 4.50. The largest absolute Gasteiger partial charge is 0.497 e. The summed E-state index contributed by atoms with van der Waals surface area (Å²) in [6.45, 7) is 0. The van der Waals surface area contributed by atoms with Gasteiger partial charge in [0.25, 0.3) is 0 Å². The van der Waals surface area contributed by atoms with Gasteiger partial charge in [-0.05, 0) is 40.2 Å². The van der Waals surface area contributed by atoms with Crippen molar-refractivity contribution in [3.8, 4) is 17.2 Å². The van der Waals surface area contributed by atoms with Crippen molar-refractivity contribution in [3.05, 3.63) is 39.8 Å². The van der Waals surface area contributed by atoms with Gasteiger partial charge in [0.1, 0.15) is 11.3 Å². The Kier molecular flexibility index (Phi) is 3.31. The van der Waals surface area contributed by atoms with Crippen LogP contribution in [0.5, 0.6) is 5.75 Å². The van der Waals surface area contributed by atoms with Crippen LogP contribution in [0.3, 0.4) is 0 Å². The maximum absolute atomic E-state index is 5.99. The molecule has 1 heterocycles. The normalized spacial score (nSPS) is 10.9. The maximum atomic E-state index is 5.99. The fourth-order valence-electron chi connectivity index (χ4n) is 1.87. The fraction of sp³-hybridized carbons (Fsp3) is 0.0714. The van der Waals surface area contributed by atoms with E-state index in [1.54, 1.807) is 19.2 Å². The average molecular weight is 354 g/mol. The third-order valence-corrected chi connectivity index (χ3v) is 3.93. The summed E-state index contributed by atoms with van der Waals surface area (Å²) in [4.78, 5) is 4.43. The zero-order valence-electron chi connectivity index (χ0n) is 10.5. The minimum atomic E-state index is 0.460. The molecular weight excluding hydrogens is 344 g/mol. The van der Waals surface area contributed by atoms with Crippen molar-refractivity contribution < 1.29 is 9.15 Å². The van der Waals surface area contributed by atoms with E-state index in [0.717, 1.165) is 15.8 Å². The van der Waals surface area contributed by atoms with Crippen LogP contribution in [0.25, 0.3) is 22.6 Å². The molecule has 6 heteroatoms. The highest BCUT2D eigenvalue weighted by molar-refractivity contribution is 9.10. The van der Waals surface area contributed by atoms with Gasteiger partial charge in [0, 0.05) is 10.5 Å². The number of aromatic nitrogens is 1. The van der Waals surface area contributed by atoms with Crippen molar-refractivity contribution in [2.75, 3.05) is 12.8 Å². The molecule has 0 saturated heterocycles. The van der Waals surface area contributed by atoms with Gasteiger partial charge in [-0.15, -0.1) is 0 Å². The molecule has 3 aromatic rings. The van der Waals surface area contributed by atoms with Gasteiger partial charge in [0.15, 0.2) is 5.58 Å². The molecule has 0 aliphatic carbocycles. The van der Waals surface area contributed by atoms with E-state index in [4.69, 9.17) is 26.5 Å². The summed E-state index contributed by atoms with van der Waals surface area (Å²) in [5.41, 5.74) is 8.28. The summed E-state index contributed by atoms with van der Waals surface area (Å²) in [6.07, 6.45) is 0. The number of nitrogen functional groups attached to an aromatic ring is 1. The van der Waals surface area contributed by atoms with Crippen molar-refractivity contribution >= 4 is 44.3 Å². The molecule has 0 fully saturated rings. The van der Waals surface area contributed by atoms with E-state index in [0.29, 0.717) is 27.7 Å². The lowest BCUT2D eigenvalue weighted by Gasteiger charge is -2.03. The first-order valence-electron chi connectivity index (χ1n) is 5.78. The number of oxazole rings is 1. The molecule has 20 heavy (non-hydrogen) atoms. The number of hydrogen-bond acceptors (Lipinski definition) is 4. The molecular formula is C14H10BrClN2O2. The molecule has 2 aromatic carbocycles. The van der Waals surface area contributed by atoms with Crippen LogP contribution in [0.15, 0.2) is 39.2 Å². The van der Waals surface area contributed by atoms with E-state index in [9.17, 15) is 0 Å². The summed E-state index contributed by atoms with van der Waals surface area (Å²) in [6, 6.07) is 8.94. The number of benzene rings is 2. The predicted molar refractivity (Wildman–Crippen MR) is 83.1 cm³/mol. The van der Waals surface area contributed by atoms with E-state index in [-0.39, 0.29) is 0 Å². The van der Waals surface area contributed by atoms with Gasteiger partial charge in [0.05, 0.1) is 23.4 Å². The molecule has 0 aliphatic heterocycles. The molecule has 4 nitrogen and oxygen atoms in total. The van der Waals surface area contributed by atoms with Gasteiger partial charge < -0.3 is 14.9 Å². The van der Waals surface area contributed by atoms with E-state index in [2.05, 4.69) is 20.9 Å². The molecule has 0 radical (unpaired) electrons. The number of fused-ring (bicyclic) bond motifs is 1. The fourth-order valence-corrected chi connectivity index (χ4v) is 2.45. The lowest BCUT2D eigenvalue weighted by molar-refractivity contribution is 0.414. The molecule has 102 valence electrons. The van der Waals surface area contributed by atoms with Crippen LogP contribution in [0.1, 0.15) is 0 Å². The van der Waals surface area contributed by atoms with Crippen molar-refractivity contribution in [2.24, 2.45) is 0 Å². The van der Waals surface area contributed by atoms with Crippen LogP contribution in [-0.4, -0.2) is 12.1 Å². The molecule has 0 aliphatic rings. The summed E-state index contributed by atoms with van der Waals surface area (Å²) >= 11 is 9.46. The van der Waals surface area contributed by atoms with E-state index >= 15 is 0 Å². The highest BCUT2D eigenvalue weighted by Crippen LogP contribution is 2.34. The smallest absolute Gasteiger partial charge is 0.228 e. The van der Waals surface area contributed by atoms with Crippen molar-refractivity contribution in [3.63, 3.8) is 0 Å². The number of hydrogen-bond donors (Lipinski definition) is 1. The number of anilines is 1. The molecule has 2 N–H and O–H groups in total. The second kappa shape index (κ2) is 5.00. The van der Waals surface area contributed by atoms with E-state index in [1.165, 1.54) is 0 Å². The first kappa shape index (κ1) is 13.3. The van der Waals surface area contributed by atoms with Crippen LogP contribution in [0.2, 0.25) is 5.02 Å². The van der Waals surface area contributed by atoms with Crippen molar-refractivity contribution in [1.82, 2.24) is 4.98 Å². The molecule has 3 rings (SSSR count). The Bertz CT molecular complexity index is 762. The number of nitrogens with two attached hydrogens (primary N) is 1. The van der Waals surface area contributed by atoms with Gasteiger partial charge >= 0.3 is 0 Å². The van der Waals surface area contributed by atoms with Crippen LogP contribution >= 0.6 is 27.5 Å². The van der Waals surface area contributed by atoms with Crippen molar-refractivity contribution in [1.29, 1.82) is 0 Å². The number of halogens is 2. The average Bonchev–Trinajstić information content (AvgIpc) is 2.82. The minimum Gasteiger partial charge on any atom is -0.497 e. The third-order valence-electron chi connectivity index (χ3n) is 2.91. The highest BCUT2D eigenvalue weighted by Gasteiger charge is 2.13. The number of methoxy groups -OCH3 is 1.